The molecule has 3 rings (SSSR count). The summed E-state index contributed by atoms with van der Waals surface area (Å²) in [6.45, 7) is 0. The summed E-state index contributed by atoms with van der Waals surface area (Å²) in [5.74, 6) is 0. The first-order valence-electron chi connectivity index (χ1n) is 9.01. The molecule has 0 heterocycles. The fourth-order valence-electron chi connectivity index (χ4n) is 3.97. The molecule has 25 heavy (non-hydrogen) atoms. The van der Waals surface area contributed by atoms with Crippen molar-refractivity contribution in [1.29, 1.82) is 0 Å². The first-order valence-corrected chi connectivity index (χ1v) is 14.4. The molecule has 0 saturated carbocycles. The normalized spacial score (nSPS) is 19.0. The van der Waals surface area contributed by atoms with Crippen LogP contribution < -0.4 is 0 Å². The Morgan fingerprint density at radius 2 is 0.840 bits per heavy atom. The fourth-order valence-corrected chi connectivity index (χ4v) is 17.4. The molecular weight excluding hydrogens is 473 g/mol. The molecule has 0 bridgehead atoms. The third-order valence-corrected chi connectivity index (χ3v) is 16.5. The molecule has 0 atom stereocenters. The maximum absolute atomic E-state index is 2.37. The van der Waals surface area contributed by atoms with E-state index in [4.69, 9.17) is 0 Å². The Labute approximate surface area is 160 Å². The molecule has 4 heteroatoms. The van der Waals surface area contributed by atoms with Crippen molar-refractivity contribution in [3.63, 3.8) is 0 Å². The Morgan fingerprint density at radius 1 is 0.560 bits per heavy atom. The first-order chi connectivity index (χ1) is 11.9. The van der Waals surface area contributed by atoms with E-state index >= 15 is 0 Å². The number of rotatable bonds is 6. The minimum absolute atomic E-state index is 1.14. The van der Waals surface area contributed by atoms with Crippen LogP contribution in [0.5, 0.6) is 0 Å². The summed E-state index contributed by atoms with van der Waals surface area (Å²) in [7, 11) is 13.1. The van der Waals surface area contributed by atoms with Crippen molar-refractivity contribution in [3.05, 3.63) is 63.5 Å². The zero-order valence-corrected chi connectivity index (χ0v) is 20.0. The van der Waals surface area contributed by atoms with E-state index in [0.29, 0.717) is 0 Å². The van der Waals surface area contributed by atoms with Gasteiger partial charge < -0.3 is 0 Å². The van der Waals surface area contributed by atoms with E-state index in [9.17, 15) is 0 Å². The molecule has 0 saturated heterocycles. The third-order valence-electron chi connectivity index (χ3n) is 5.07. The number of hydrogen-bond acceptors (Lipinski definition) is 3. The van der Waals surface area contributed by atoms with Gasteiger partial charge in [0, 0.05) is 0 Å². The number of nitrogens with zero attached hydrogens (tertiary/aromatic N) is 3. The molecule has 0 aromatic carbocycles. The Bertz CT molecular complexity index is 630. The molecule has 0 fully saturated rings. The van der Waals surface area contributed by atoms with Gasteiger partial charge in [-0.15, -0.1) is 0 Å². The van der Waals surface area contributed by atoms with Gasteiger partial charge in [-0.1, -0.05) is 0 Å². The van der Waals surface area contributed by atoms with Gasteiger partial charge in [0.05, 0.1) is 0 Å². The van der Waals surface area contributed by atoms with Gasteiger partial charge in [-0.05, 0) is 0 Å². The molecule has 0 radical (unpaired) electrons. The SMILES string of the molecule is CN(C)C1=[C]([Hf]([C]2=C(N(C)C)C=CC2)[C]2=C(N(C)C)C=CC2)CC=C1. The van der Waals surface area contributed by atoms with Gasteiger partial charge in [0.15, 0.2) is 0 Å². The Kier molecular flexibility index (Phi) is 5.57. The summed E-state index contributed by atoms with van der Waals surface area (Å²) in [4.78, 5) is 6.96. The Balaban J connectivity index is 2.17. The third kappa shape index (κ3) is 3.51. The van der Waals surface area contributed by atoms with E-state index in [1.54, 1.807) is 9.99 Å². The van der Waals surface area contributed by atoms with Crippen LogP contribution in [0.1, 0.15) is 19.3 Å². The molecule has 3 nitrogen and oxygen atoms in total. The predicted molar refractivity (Wildman–Crippen MR) is 103 cm³/mol. The van der Waals surface area contributed by atoms with Gasteiger partial charge in [0.2, 0.25) is 0 Å². The van der Waals surface area contributed by atoms with Gasteiger partial charge >= 0.3 is 161 Å². The first kappa shape index (κ1) is 18.5. The average molecular weight is 503 g/mol. The maximum atomic E-state index is 2.37. The molecule has 0 aromatic heterocycles. The fraction of sp³-hybridized carbons (Fsp3) is 0.429. The van der Waals surface area contributed by atoms with Gasteiger partial charge in [0.25, 0.3) is 0 Å². The molecule has 0 aliphatic heterocycles. The molecule has 3 aliphatic carbocycles. The molecular formula is C21H30HfN3. The second-order valence-corrected chi connectivity index (χ2v) is 16.7. The standard InChI is InChI=1S/3C7H10N.Hf/c3*1-8(2)7-5-3-4-6-7;/h3*3,5H,4H2,1-2H3;. The van der Waals surface area contributed by atoms with E-state index < -0.39 is 21.4 Å². The zero-order chi connectivity index (χ0) is 18.1. The predicted octanol–water partition coefficient (Wildman–Crippen LogP) is 3.80. The second kappa shape index (κ2) is 7.53. The average Bonchev–Trinajstić information content (AvgIpc) is 3.28. The Hall–Kier alpha value is -1.29. The summed E-state index contributed by atoms with van der Waals surface area (Å²) in [5.41, 5.74) is 4.41. The van der Waals surface area contributed by atoms with E-state index in [1.807, 2.05) is 0 Å². The van der Waals surface area contributed by atoms with Crippen LogP contribution in [0.3, 0.4) is 0 Å². The molecule has 0 aromatic rings. The molecule has 3 aliphatic rings. The zero-order valence-electron chi connectivity index (χ0n) is 16.4. The van der Waals surface area contributed by atoms with Crippen LogP contribution >= 0.6 is 0 Å². The van der Waals surface area contributed by atoms with Crippen LogP contribution in [-0.4, -0.2) is 57.0 Å². The van der Waals surface area contributed by atoms with E-state index in [-0.39, 0.29) is 0 Å². The van der Waals surface area contributed by atoms with Crippen LogP contribution in [0.15, 0.2) is 63.5 Å². The number of likely N-dealkylation sites (N-methyl/N-ethyl adjacent to an activating group) is 3. The summed E-state index contributed by atoms with van der Waals surface area (Å²) >= 11 is -2.36. The summed E-state index contributed by atoms with van der Waals surface area (Å²) in [6.07, 6.45) is 17.6. The van der Waals surface area contributed by atoms with Crippen LogP contribution in [0.25, 0.3) is 0 Å². The van der Waals surface area contributed by atoms with Gasteiger partial charge in [-0.25, -0.2) is 0 Å². The van der Waals surface area contributed by atoms with E-state index in [0.717, 1.165) is 19.3 Å². The van der Waals surface area contributed by atoms with Crippen molar-refractivity contribution in [2.24, 2.45) is 0 Å². The summed E-state index contributed by atoms with van der Waals surface area (Å²) < 4.78 is 5.27. The van der Waals surface area contributed by atoms with Gasteiger partial charge in [-0.3, -0.25) is 0 Å². The van der Waals surface area contributed by atoms with Crippen LogP contribution in [-0.2, 0) is 21.4 Å². The molecule has 0 amide bonds. The second-order valence-electron chi connectivity index (χ2n) is 7.47. The summed E-state index contributed by atoms with van der Waals surface area (Å²) in [5, 5.41) is 0. The number of hydrogen-bond donors (Lipinski definition) is 0. The molecule has 0 unspecified atom stereocenters. The number of allylic oxidation sites excluding steroid dienone is 9. The van der Waals surface area contributed by atoms with Crippen molar-refractivity contribution in [2.75, 3.05) is 42.3 Å². The molecule has 133 valence electrons. The van der Waals surface area contributed by atoms with Crippen molar-refractivity contribution in [3.8, 4) is 0 Å². The van der Waals surface area contributed by atoms with E-state index in [2.05, 4.69) is 93.4 Å². The van der Waals surface area contributed by atoms with Crippen molar-refractivity contribution < 1.29 is 21.4 Å². The van der Waals surface area contributed by atoms with Gasteiger partial charge in [0.1, 0.15) is 0 Å². The van der Waals surface area contributed by atoms with Crippen LogP contribution in [0.4, 0.5) is 0 Å². The van der Waals surface area contributed by atoms with Crippen LogP contribution in [0, 0.1) is 0 Å². The molecule has 0 N–H and O–H groups in total. The van der Waals surface area contributed by atoms with Gasteiger partial charge in [-0.2, -0.15) is 0 Å². The van der Waals surface area contributed by atoms with Crippen molar-refractivity contribution in [2.45, 2.75) is 19.3 Å². The Morgan fingerprint density at radius 3 is 1.08 bits per heavy atom. The van der Waals surface area contributed by atoms with Crippen molar-refractivity contribution in [1.82, 2.24) is 14.7 Å². The van der Waals surface area contributed by atoms with E-state index in [1.165, 1.54) is 17.1 Å². The van der Waals surface area contributed by atoms with Crippen molar-refractivity contribution >= 4 is 0 Å². The monoisotopic (exact) mass is 504 g/mol. The quantitative estimate of drug-likeness (QED) is 0.512. The topological polar surface area (TPSA) is 9.72 Å². The minimum atomic E-state index is -2.36. The molecule has 0 spiro atoms. The summed E-state index contributed by atoms with van der Waals surface area (Å²) in [6, 6.07) is 0. The van der Waals surface area contributed by atoms with Crippen LogP contribution in [0.2, 0.25) is 0 Å².